The van der Waals surface area contributed by atoms with E-state index in [-0.39, 0.29) is 17.5 Å². The number of benzene rings is 3. The number of fused-ring (bicyclic) bond motifs is 1. The minimum Gasteiger partial charge on any atom is -0.325 e. The lowest BCUT2D eigenvalue weighted by atomic mass is 9.90. The van der Waals surface area contributed by atoms with Crippen LogP contribution in [0.25, 0.3) is 0 Å². The number of carbonyl (C=O) groups is 2. The Bertz CT molecular complexity index is 1300. The van der Waals surface area contributed by atoms with Crippen molar-refractivity contribution in [3.05, 3.63) is 94.0 Å². The summed E-state index contributed by atoms with van der Waals surface area (Å²) in [6.07, 6.45) is 0. The number of hydrogen-bond acceptors (Lipinski definition) is 6. The van der Waals surface area contributed by atoms with Gasteiger partial charge in [0.15, 0.2) is 0 Å². The van der Waals surface area contributed by atoms with Gasteiger partial charge in [-0.1, -0.05) is 44.2 Å². The van der Waals surface area contributed by atoms with Gasteiger partial charge in [0.25, 0.3) is 5.69 Å². The summed E-state index contributed by atoms with van der Waals surface area (Å²) < 4.78 is 0. The summed E-state index contributed by atoms with van der Waals surface area (Å²) >= 11 is 0. The van der Waals surface area contributed by atoms with Crippen molar-refractivity contribution < 1.29 is 14.5 Å². The van der Waals surface area contributed by atoms with Crippen LogP contribution in [0, 0.1) is 10.1 Å². The number of aliphatic imine (C=N–C) groups is 1. The minimum absolute atomic E-state index is 0.0903. The molecule has 2 N–H and O–H groups in total. The molecule has 3 aromatic carbocycles. The predicted octanol–water partition coefficient (Wildman–Crippen LogP) is 4.73. The Morgan fingerprint density at radius 1 is 1.06 bits per heavy atom. The molecule has 0 saturated carbocycles. The largest absolute Gasteiger partial charge is 0.325 e. The third-order valence-corrected chi connectivity index (χ3v) is 6.08. The van der Waals surface area contributed by atoms with Gasteiger partial charge in [0.2, 0.25) is 11.8 Å². The third-order valence-electron chi connectivity index (χ3n) is 6.08. The molecule has 1 atom stereocenters. The van der Waals surface area contributed by atoms with Crippen molar-refractivity contribution in [2.45, 2.75) is 19.8 Å². The topological polar surface area (TPSA) is 117 Å². The van der Waals surface area contributed by atoms with Gasteiger partial charge in [-0.3, -0.25) is 29.6 Å². The van der Waals surface area contributed by atoms with E-state index in [0.717, 1.165) is 18.7 Å². The number of anilines is 2. The molecule has 1 heterocycles. The number of amides is 2. The Balaban J connectivity index is 1.66. The first-order chi connectivity index (χ1) is 17.4. The predicted molar refractivity (Wildman–Crippen MR) is 140 cm³/mol. The maximum atomic E-state index is 13.0. The summed E-state index contributed by atoms with van der Waals surface area (Å²) in [5.74, 6) is -1.20. The van der Waals surface area contributed by atoms with Gasteiger partial charge in [0.1, 0.15) is 5.92 Å². The molecule has 3 aromatic rings. The Morgan fingerprint density at radius 2 is 1.75 bits per heavy atom. The summed E-state index contributed by atoms with van der Waals surface area (Å²) in [6.45, 7) is 5.92. The Labute approximate surface area is 209 Å². The number of nitro benzene ring substituents is 1. The lowest BCUT2D eigenvalue weighted by Crippen LogP contribution is -2.32. The van der Waals surface area contributed by atoms with Crippen LogP contribution in [0.4, 0.5) is 22.7 Å². The molecule has 4 rings (SSSR count). The number of nitrogens with one attached hydrogen (secondary N) is 2. The van der Waals surface area contributed by atoms with E-state index in [2.05, 4.69) is 10.6 Å². The van der Waals surface area contributed by atoms with Gasteiger partial charge in [0, 0.05) is 29.1 Å². The number of nitro groups is 1. The van der Waals surface area contributed by atoms with Crippen LogP contribution in [-0.2, 0) is 9.59 Å². The molecule has 9 nitrogen and oxygen atoms in total. The van der Waals surface area contributed by atoms with E-state index < -0.39 is 10.8 Å². The fraction of sp³-hybridized carbons (Fsp3) is 0.222. The molecule has 36 heavy (non-hydrogen) atoms. The molecular weight excluding hydrogens is 458 g/mol. The van der Waals surface area contributed by atoms with Gasteiger partial charge >= 0.3 is 0 Å². The monoisotopic (exact) mass is 485 g/mol. The number of carbonyl (C=O) groups excluding carboxylic acids is 2. The Hall–Kier alpha value is -4.37. The van der Waals surface area contributed by atoms with Crippen LogP contribution in [0.2, 0.25) is 0 Å². The third kappa shape index (κ3) is 5.47. The maximum absolute atomic E-state index is 13.0. The highest BCUT2D eigenvalue weighted by Crippen LogP contribution is 2.38. The number of non-ortho nitro benzene ring substituents is 1. The van der Waals surface area contributed by atoms with Crippen LogP contribution in [0.15, 0.2) is 77.8 Å². The number of rotatable bonds is 9. The molecule has 0 aromatic heterocycles. The van der Waals surface area contributed by atoms with Crippen LogP contribution in [0.1, 0.15) is 30.9 Å². The van der Waals surface area contributed by atoms with Gasteiger partial charge < -0.3 is 10.6 Å². The van der Waals surface area contributed by atoms with Gasteiger partial charge in [-0.2, -0.15) is 0 Å². The second-order valence-corrected chi connectivity index (χ2v) is 8.37. The fourth-order valence-electron chi connectivity index (χ4n) is 4.15. The van der Waals surface area contributed by atoms with Crippen molar-refractivity contribution in [3.8, 4) is 0 Å². The fourth-order valence-corrected chi connectivity index (χ4v) is 4.15. The molecular formula is C27H27N5O4. The van der Waals surface area contributed by atoms with E-state index in [1.807, 2.05) is 49.1 Å². The summed E-state index contributed by atoms with van der Waals surface area (Å²) in [6, 6.07) is 20.6. The zero-order valence-electron chi connectivity index (χ0n) is 20.1. The van der Waals surface area contributed by atoms with Gasteiger partial charge in [-0.15, -0.1) is 0 Å². The van der Waals surface area contributed by atoms with E-state index in [4.69, 9.17) is 4.99 Å². The zero-order valence-corrected chi connectivity index (χ0v) is 20.1. The van der Waals surface area contributed by atoms with E-state index in [1.54, 1.807) is 30.3 Å². The van der Waals surface area contributed by atoms with Gasteiger partial charge in [-0.25, -0.2) is 0 Å². The SMILES string of the molecule is CCN(CC)CC(=O)Nc1ccc(N=C(c2ccccc2)C2C(=O)Nc3ccc([N+](=O)[O-])cc32)cc1. The van der Waals surface area contributed by atoms with Crippen molar-refractivity contribution >= 4 is 40.3 Å². The molecule has 0 spiro atoms. The summed E-state index contributed by atoms with van der Waals surface area (Å²) in [5.41, 5.74) is 3.39. The highest BCUT2D eigenvalue weighted by Gasteiger charge is 2.36. The average Bonchev–Trinajstić information content (AvgIpc) is 3.22. The average molecular weight is 486 g/mol. The molecule has 0 bridgehead atoms. The van der Waals surface area contributed by atoms with E-state index in [9.17, 15) is 19.7 Å². The Kier molecular flexibility index (Phi) is 7.50. The first kappa shape index (κ1) is 24.7. The van der Waals surface area contributed by atoms with E-state index in [0.29, 0.717) is 34.9 Å². The van der Waals surface area contributed by atoms with Crippen molar-refractivity contribution in [3.63, 3.8) is 0 Å². The van der Waals surface area contributed by atoms with Crippen molar-refractivity contribution in [2.24, 2.45) is 4.99 Å². The van der Waals surface area contributed by atoms with Crippen LogP contribution >= 0.6 is 0 Å². The van der Waals surface area contributed by atoms with Crippen LogP contribution in [0.3, 0.4) is 0 Å². The summed E-state index contributed by atoms with van der Waals surface area (Å²) in [7, 11) is 0. The zero-order chi connectivity index (χ0) is 25.7. The first-order valence-corrected chi connectivity index (χ1v) is 11.7. The van der Waals surface area contributed by atoms with Crippen molar-refractivity contribution in [1.29, 1.82) is 0 Å². The molecule has 184 valence electrons. The Morgan fingerprint density at radius 3 is 2.39 bits per heavy atom. The quantitative estimate of drug-likeness (QED) is 0.258. The molecule has 0 radical (unpaired) electrons. The highest BCUT2D eigenvalue weighted by atomic mass is 16.6. The van der Waals surface area contributed by atoms with E-state index in [1.165, 1.54) is 12.1 Å². The summed E-state index contributed by atoms with van der Waals surface area (Å²) in [5, 5.41) is 17.1. The minimum atomic E-state index is -0.809. The molecule has 2 amide bonds. The number of likely N-dealkylation sites (N-methyl/N-ethyl adjacent to an activating group) is 1. The standard InChI is InChI=1S/C27H27N5O4/c1-3-31(4-2)17-24(33)28-19-10-12-20(13-11-19)29-26(18-8-6-5-7-9-18)25-22-16-21(32(35)36)14-15-23(22)30-27(25)34/h5-16,25H,3-4,17H2,1-2H3,(H,28,33)(H,30,34). The first-order valence-electron chi connectivity index (χ1n) is 11.7. The molecule has 1 aliphatic rings. The molecule has 9 heteroatoms. The molecule has 0 saturated heterocycles. The number of nitrogens with zero attached hydrogens (tertiary/aromatic N) is 3. The lowest BCUT2D eigenvalue weighted by Gasteiger charge is -2.17. The second kappa shape index (κ2) is 10.9. The van der Waals surface area contributed by atoms with Crippen molar-refractivity contribution in [1.82, 2.24) is 4.90 Å². The lowest BCUT2D eigenvalue weighted by molar-refractivity contribution is -0.384. The second-order valence-electron chi connectivity index (χ2n) is 8.37. The molecule has 0 aliphatic carbocycles. The van der Waals surface area contributed by atoms with Gasteiger partial charge in [-0.05, 0) is 49.0 Å². The smallest absolute Gasteiger partial charge is 0.269 e. The highest BCUT2D eigenvalue weighted by molar-refractivity contribution is 6.24. The normalized spacial score (nSPS) is 14.9. The van der Waals surface area contributed by atoms with Gasteiger partial charge in [0.05, 0.1) is 22.9 Å². The summed E-state index contributed by atoms with van der Waals surface area (Å²) in [4.78, 5) is 43.0. The number of hydrogen-bond donors (Lipinski definition) is 2. The molecule has 1 unspecified atom stereocenters. The van der Waals surface area contributed by atoms with Crippen LogP contribution in [0.5, 0.6) is 0 Å². The van der Waals surface area contributed by atoms with Crippen molar-refractivity contribution in [2.75, 3.05) is 30.3 Å². The maximum Gasteiger partial charge on any atom is 0.269 e. The van der Waals surface area contributed by atoms with E-state index >= 15 is 0 Å². The van der Waals surface area contributed by atoms with Crippen LogP contribution in [-0.4, -0.2) is 47.0 Å². The molecule has 1 aliphatic heterocycles. The molecule has 0 fully saturated rings. The van der Waals surface area contributed by atoms with Crippen LogP contribution < -0.4 is 10.6 Å².